The molecule has 0 saturated carbocycles. The zero-order chi connectivity index (χ0) is 19.4. The van der Waals surface area contributed by atoms with Crippen LogP contribution in [0.3, 0.4) is 0 Å². The number of rotatable bonds is 5. The van der Waals surface area contributed by atoms with Crippen molar-refractivity contribution in [2.45, 2.75) is 13.3 Å². The molecule has 1 heterocycles. The van der Waals surface area contributed by atoms with Gasteiger partial charge in [0.05, 0.1) is 23.4 Å². The molecule has 138 valence electrons. The van der Waals surface area contributed by atoms with E-state index in [9.17, 15) is 18.0 Å². The molecule has 0 aliphatic carbocycles. The van der Waals surface area contributed by atoms with E-state index in [0.29, 0.717) is 10.7 Å². The molecule has 0 atom stereocenters. The van der Waals surface area contributed by atoms with Crippen LogP contribution in [0.4, 0.5) is 13.2 Å². The van der Waals surface area contributed by atoms with Crippen LogP contribution in [-0.2, 0) is 11.2 Å². The van der Waals surface area contributed by atoms with Gasteiger partial charge >= 0.3 is 0 Å². The van der Waals surface area contributed by atoms with Crippen molar-refractivity contribution in [2.75, 3.05) is 0 Å². The first-order valence-electron chi connectivity index (χ1n) is 7.92. The Morgan fingerprint density at radius 2 is 1.78 bits per heavy atom. The van der Waals surface area contributed by atoms with Crippen LogP contribution in [0.2, 0.25) is 0 Å². The largest absolute Gasteiger partial charge is 0.273 e. The van der Waals surface area contributed by atoms with E-state index >= 15 is 0 Å². The standard InChI is InChI=1S/C19H14F3N3OS/c1-11(18-15(21)3-2-4-16(18)22)24-25-17(26)9-14-10-27-19(23-14)12-5-7-13(20)8-6-12/h2-8,10H,9H2,1H3,(H,25,26)/b24-11-. The number of hydrogen-bond donors (Lipinski definition) is 1. The summed E-state index contributed by atoms with van der Waals surface area (Å²) in [7, 11) is 0. The fraction of sp³-hybridized carbons (Fsp3) is 0.105. The van der Waals surface area contributed by atoms with Gasteiger partial charge in [0.15, 0.2) is 0 Å². The number of carbonyl (C=O) groups excluding carboxylic acids is 1. The molecule has 8 heteroatoms. The smallest absolute Gasteiger partial charge is 0.246 e. The number of hydrogen-bond acceptors (Lipinski definition) is 4. The van der Waals surface area contributed by atoms with Gasteiger partial charge < -0.3 is 0 Å². The van der Waals surface area contributed by atoms with Crippen LogP contribution in [0.1, 0.15) is 18.2 Å². The minimum atomic E-state index is -0.756. The molecule has 1 aromatic heterocycles. The first kappa shape index (κ1) is 18.8. The summed E-state index contributed by atoms with van der Waals surface area (Å²) in [6, 6.07) is 9.37. The molecule has 3 aromatic rings. The SMILES string of the molecule is C/C(=N/NC(=O)Cc1csc(-c2ccc(F)cc2)n1)c1c(F)cccc1F. The number of benzene rings is 2. The normalized spacial score (nSPS) is 11.5. The molecule has 2 aromatic carbocycles. The van der Waals surface area contributed by atoms with Crippen LogP contribution in [-0.4, -0.2) is 16.6 Å². The zero-order valence-electron chi connectivity index (χ0n) is 14.2. The van der Waals surface area contributed by atoms with Gasteiger partial charge in [-0.2, -0.15) is 5.10 Å². The highest BCUT2D eigenvalue weighted by molar-refractivity contribution is 7.13. The van der Waals surface area contributed by atoms with E-state index in [-0.39, 0.29) is 23.5 Å². The van der Waals surface area contributed by atoms with E-state index in [1.54, 1.807) is 17.5 Å². The molecule has 4 nitrogen and oxygen atoms in total. The van der Waals surface area contributed by atoms with Crippen molar-refractivity contribution in [1.29, 1.82) is 0 Å². The number of thiazole rings is 1. The number of nitrogens with zero attached hydrogens (tertiary/aromatic N) is 2. The first-order chi connectivity index (χ1) is 12.9. The van der Waals surface area contributed by atoms with Gasteiger partial charge in [-0.1, -0.05) is 6.07 Å². The lowest BCUT2D eigenvalue weighted by Gasteiger charge is -2.05. The van der Waals surface area contributed by atoms with Crippen LogP contribution < -0.4 is 5.43 Å². The molecule has 0 bridgehead atoms. The molecule has 0 saturated heterocycles. The van der Waals surface area contributed by atoms with E-state index < -0.39 is 17.5 Å². The van der Waals surface area contributed by atoms with Crippen LogP contribution in [0.25, 0.3) is 10.6 Å². The Bertz CT molecular complexity index is 979. The highest BCUT2D eigenvalue weighted by atomic mass is 32.1. The average molecular weight is 389 g/mol. The van der Waals surface area contributed by atoms with Gasteiger partial charge in [-0.3, -0.25) is 4.79 Å². The van der Waals surface area contributed by atoms with Gasteiger partial charge in [0.2, 0.25) is 5.91 Å². The molecule has 0 aliphatic heterocycles. The van der Waals surface area contributed by atoms with Crippen LogP contribution in [0.5, 0.6) is 0 Å². The summed E-state index contributed by atoms with van der Waals surface area (Å²) in [6.07, 6.45) is -0.0474. The average Bonchev–Trinajstić information content (AvgIpc) is 3.09. The third-order valence-electron chi connectivity index (χ3n) is 3.66. The van der Waals surface area contributed by atoms with E-state index in [4.69, 9.17) is 0 Å². The second-order valence-electron chi connectivity index (χ2n) is 5.66. The Morgan fingerprint density at radius 3 is 2.44 bits per heavy atom. The van der Waals surface area contributed by atoms with Crippen molar-refractivity contribution < 1.29 is 18.0 Å². The van der Waals surface area contributed by atoms with Gasteiger partial charge in [0.1, 0.15) is 22.5 Å². The van der Waals surface area contributed by atoms with Crippen LogP contribution >= 0.6 is 11.3 Å². The van der Waals surface area contributed by atoms with Crippen molar-refractivity contribution in [3.8, 4) is 10.6 Å². The summed E-state index contributed by atoms with van der Waals surface area (Å²) >= 11 is 1.33. The Kier molecular flexibility index (Phi) is 5.66. The van der Waals surface area contributed by atoms with Gasteiger partial charge in [0, 0.05) is 10.9 Å². The predicted molar refractivity (Wildman–Crippen MR) is 97.9 cm³/mol. The number of hydrazone groups is 1. The molecule has 1 amide bonds. The molecule has 27 heavy (non-hydrogen) atoms. The van der Waals surface area contributed by atoms with Crippen molar-refractivity contribution in [1.82, 2.24) is 10.4 Å². The number of halogens is 3. The van der Waals surface area contributed by atoms with E-state index in [1.165, 1.54) is 36.5 Å². The van der Waals surface area contributed by atoms with Crippen molar-refractivity contribution >= 4 is 23.0 Å². The number of carbonyl (C=O) groups is 1. The maximum atomic E-state index is 13.7. The summed E-state index contributed by atoms with van der Waals surface area (Å²) in [5.41, 5.74) is 3.26. The third kappa shape index (κ3) is 4.59. The van der Waals surface area contributed by atoms with Gasteiger partial charge in [-0.05, 0) is 43.3 Å². The van der Waals surface area contributed by atoms with Gasteiger partial charge in [-0.15, -0.1) is 11.3 Å². The number of nitrogens with one attached hydrogen (secondary N) is 1. The summed E-state index contributed by atoms with van der Waals surface area (Å²) in [6.45, 7) is 1.40. The fourth-order valence-corrected chi connectivity index (χ4v) is 3.19. The maximum Gasteiger partial charge on any atom is 0.246 e. The predicted octanol–water partition coefficient (Wildman–Crippen LogP) is 4.31. The lowest BCUT2D eigenvalue weighted by atomic mass is 10.1. The van der Waals surface area contributed by atoms with E-state index in [2.05, 4.69) is 15.5 Å². The number of amides is 1. The van der Waals surface area contributed by atoms with Crippen LogP contribution in [0.15, 0.2) is 52.9 Å². The molecule has 0 fully saturated rings. The highest BCUT2D eigenvalue weighted by Crippen LogP contribution is 2.24. The van der Waals surface area contributed by atoms with Crippen LogP contribution in [0, 0.1) is 17.5 Å². The van der Waals surface area contributed by atoms with Gasteiger partial charge in [0.25, 0.3) is 0 Å². The van der Waals surface area contributed by atoms with Crippen molar-refractivity contribution in [3.63, 3.8) is 0 Å². The zero-order valence-corrected chi connectivity index (χ0v) is 15.0. The molecule has 0 aliphatic rings. The van der Waals surface area contributed by atoms with E-state index in [0.717, 1.165) is 17.7 Å². The fourth-order valence-electron chi connectivity index (χ4n) is 2.36. The van der Waals surface area contributed by atoms with Crippen molar-refractivity contribution in [3.05, 3.63) is 76.6 Å². The molecular formula is C19H14F3N3OS. The van der Waals surface area contributed by atoms with Gasteiger partial charge in [-0.25, -0.2) is 23.6 Å². The summed E-state index contributed by atoms with van der Waals surface area (Å²) in [4.78, 5) is 16.3. The number of aromatic nitrogens is 1. The molecule has 3 rings (SSSR count). The second kappa shape index (κ2) is 8.13. The molecule has 0 unspecified atom stereocenters. The third-order valence-corrected chi connectivity index (χ3v) is 4.60. The first-order valence-corrected chi connectivity index (χ1v) is 8.80. The second-order valence-corrected chi connectivity index (χ2v) is 6.51. The Hall–Kier alpha value is -3.00. The summed E-state index contributed by atoms with van der Waals surface area (Å²) in [5.74, 6) is -2.32. The van der Waals surface area contributed by atoms with Crippen molar-refractivity contribution in [2.24, 2.45) is 5.10 Å². The topological polar surface area (TPSA) is 54.4 Å². The summed E-state index contributed by atoms with van der Waals surface area (Å²) in [5, 5.41) is 6.13. The lowest BCUT2D eigenvalue weighted by molar-refractivity contribution is -0.120. The molecule has 0 spiro atoms. The lowest BCUT2D eigenvalue weighted by Crippen LogP contribution is -2.22. The Balaban J connectivity index is 1.65. The molecule has 1 N–H and O–H groups in total. The van der Waals surface area contributed by atoms with E-state index in [1.807, 2.05) is 0 Å². The summed E-state index contributed by atoms with van der Waals surface area (Å²) < 4.78 is 40.4. The molecular weight excluding hydrogens is 375 g/mol. The Morgan fingerprint density at radius 1 is 1.11 bits per heavy atom. The molecule has 0 radical (unpaired) electrons. The highest BCUT2D eigenvalue weighted by Gasteiger charge is 2.13. The minimum Gasteiger partial charge on any atom is -0.273 e. The quantitative estimate of drug-likeness (QED) is 0.522. The maximum absolute atomic E-state index is 13.7. The Labute approximate surface area is 157 Å². The minimum absolute atomic E-state index is 0.0178. The monoisotopic (exact) mass is 389 g/mol.